The van der Waals surface area contributed by atoms with Gasteiger partial charge in [-0.15, -0.1) is 0 Å². The van der Waals surface area contributed by atoms with Crippen LogP contribution in [0.1, 0.15) is 30.1 Å². The molecular formula is C12H19F3N4O2S. The van der Waals surface area contributed by atoms with Crippen molar-refractivity contribution in [1.29, 1.82) is 0 Å². The maximum Gasteiger partial charge on any atom is 0.435 e. The smallest absolute Gasteiger partial charge is 0.301 e. The number of hydrogen-bond acceptors (Lipinski definition) is 4. The molecule has 0 saturated carbocycles. The van der Waals surface area contributed by atoms with Crippen LogP contribution in [0.5, 0.6) is 0 Å². The van der Waals surface area contributed by atoms with Crippen molar-refractivity contribution in [3.05, 3.63) is 17.5 Å². The van der Waals surface area contributed by atoms with Crippen molar-refractivity contribution < 1.29 is 21.6 Å². The van der Waals surface area contributed by atoms with Crippen LogP contribution in [0.4, 0.5) is 13.2 Å². The normalized spacial score (nSPS) is 21.2. The molecule has 1 aromatic rings. The van der Waals surface area contributed by atoms with Gasteiger partial charge in [0.2, 0.25) is 10.0 Å². The number of aromatic nitrogens is 2. The summed E-state index contributed by atoms with van der Waals surface area (Å²) in [6.07, 6.45) is -1.71. The molecule has 1 fully saturated rings. The largest absolute Gasteiger partial charge is 0.435 e. The average Bonchev–Trinajstić information content (AvgIpc) is 2.87. The van der Waals surface area contributed by atoms with E-state index in [0.717, 1.165) is 31.7 Å². The number of halogens is 3. The zero-order valence-corrected chi connectivity index (χ0v) is 13.0. The molecule has 22 heavy (non-hydrogen) atoms. The second kappa shape index (κ2) is 6.55. The minimum absolute atomic E-state index is 0.0458. The first-order valence-electron chi connectivity index (χ1n) is 6.94. The number of piperidine rings is 1. The second-order valence-electron chi connectivity index (χ2n) is 5.51. The maximum absolute atomic E-state index is 12.6. The number of hydrogen-bond donors (Lipinski definition) is 2. The van der Waals surface area contributed by atoms with Crippen LogP contribution in [-0.2, 0) is 16.2 Å². The number of H-pyrrole nitrogens is 1. The van der Waals surface area contributed by atoms with Gasteiger partial charge in [-0.05, 0) is 25.5 Å². The van der Waals surface area contributed by atoms with Gasteiger partial charge in [0.25, 0.3) is 0 Å². The molecule has 0 aliphatic carbocycles. The third-order valence-corrected chi connectivity index (χ3v) is 4.35. The number of sulfonamides is 1. The lowest BCUT2D eigenvalue weighted by Crippen LogP contribution is -2.39. The van der Waals surface area contributed by atoms with E-state index in [4.69, 9.17) is 0 Å². The van der Waals surface area contributed by atoms with Crippen LogP contribution in [-0.4, -0.2) is 55.9 Å². The quantitative estimate of drug-likeness (QED) is 0.843. The molecule has 0 bridgehead atoms. The van der Waals surface area contributed by atoms with E-state index in [1.807, 2.05) is 4.90 Å². The summed E-state index contributed by atoms with van der Waals surface area (Å²) in [6.45, 7) is 2.22. The fourth-order valence-corrected chi connectivity index (χ4v) is 3.05. The van der Waals surface area contributed by atoms with Crippen LogP contribution in [0.2, 0.25) is 0 Å². The standard InChI is InChI=1S/C12H19F3N4O2S/c1-22(20,21)16-4-6-19-5-2-3-9(8-19)10-7-11(18-17-10)12(13,14)15/h7,9,16H,2-6,8H2,1H3,(H,17,18)/t9-/m0/s1. The van der Waals surface area contributed by atoms with Gasteiger partial charge in [-0.1, -0.05) is 0 Å². The minimum atomic E-state index is -4.44. The molecule has 0 spiro atoms. The van der Waals surface area contributed by atoms with Crippen molar-refractivity contribution in [2.45, 2.75) is 24.9 Å². The van der Waals surface area contributed by atoms with E-state index in [-0.39, 0.29) is 5.92 Å². The van der Waals surface area contributed by atoms with E-state index < -0.39 is 21.9 Å². The number of likely N-dealkylation sites (tertiary alicyclic amines) is 1. The van der Waals surface area contributed by atoms with E-state index in [2.05, 4.69) is 14.9 Å². The number of rotatable bonds is 5. The van der Waals surface area contributed by atoms with Gasteiger partial charge in [0.05, 0.1) is 6.26 Å². The summed E-state index contributed by atoms with van der Waals surface area (Å²) in [5.41, 5.74) is -0.425. The van der Waals surface area contributed by atoms with Crippen LogP contribution in [0.25, 0.3) is 0 Å². The lowest BCUT2D eigenvalue weighted by atomic mass is 9.94. The van der Waals surface area contributed by atoms with Crippen LogP contribution in [0.3, 0.4) is 0 Å². The highest BCUT2D eigenvalue weighted by molar-refractivity contribution is 7.88. The summed E-state index contributed by atoms with van der Waals surface area (Å²) in [5.74, 6) is -0.0458. The number of nitrogens with one attached hydrogen (secondary N) is 2. The third-order valence-electron chi connectivity index (χ3n) is 3.63. The molecule has 1 atom stereocenters. The van der Waals surface area contributed by atoms with E-state index in [1.165, 1.54) is 0 Å². The summed E-state index contributed by atoms with van der Waals surface area (Å²) in [7, 11) is -3.22. The summed E-state index contributed by atoms with van der Waals surface area (Å²) in [4.78, 5) is 2.04. The lowest BCUT2D eigenvalue weighted by Gasteiger charge is -2.32. The van der Waals surface area contributed by atoms with Crippen molar-refractivity contribution in [2.24, 2.45) is 0 Å². The highest BCUT2D eigenvalue weighted by Crippen LogP contribution is 2.31. The molecule has 1 aliphatic heterocycles. The molecule has 1 saturated heterocycles. The van der Waals surface area contributed by atoms with Crippen molar-refractivity contribution in [3.63, 3.8) is 0 Å². The molecule has 1 aromatic heterocycles. The molecule has 2 heterocycles. The Bertz CT molecular complexity index is 600. The Morgan fingerprint density at radius 2 is 2.23 bits per heavy atom. The van der Waals surface area contributed by atoms with Gasteiger partial charge in [0.1, 0.15) is 0 Å². The Morgan fingerprint density at radius 3 is 2.82 bits per heavy atom. The van der Waals surface area contributed by atoms with Crippen LogP contribution < -0.4 is 4.72 Å². The van der Waals surface area contributed by atoms with Gasteiger partial charge >= 0.3 is 6.18 Å². The zero-order chi connectivity index (χ0) is 16.4. The van der Waals surface area contributed by atoms with Gasteiger partial charge < -0.3 is 4.90 Å². The second-order valence-corrected chi connectivity index (χ2v) is 7.35. The van der Waals surface area contributed by atoms with E-state index >= 15 is 0 Å². The van der Waals surface area contributed by atoms with Crippen molar-refractivity contribution in [2.75, 3.05) is 32.4 Å². The molecule has 0 unspecified atom stereocenters. The zero-order valence-electron chi connectivity index (χ0n) is 12.2. The SMILES string of the molecule is CS(=O)(=O)NCCN1CCC[C@H](c2cc(C(F)(F)F)n[nH]2)C1. The Hall–Kier alpha value is -1.13. The van der Waals surface area contributed by atoms with Gasteiger partial charge in [-0.25, -0.2) is 13.1 Å². The molecule has 0 radical (unpaired) electrons. The number of aromatic amines is 1. The van der Waals surface area contributed by atoms with E-state index in [0.29, 0.717) is 25.3 Å². The molecule has 126 valence electrons. The predicted molar refractivity (Wildman–Crippen MR) is 74.9 cm³/mol. The van der Waals surface area contributed by atoms with Crippen molar-refractivity contribution >= 4 is 10.0 Å². The molecular weight excluding hydrogens is 321 g/mol. The van der Waals surface area contributed by atoms with Gasteiger partial charge in [0.15, 0.2) is 5.69 Å². The van der Waals surface area contributed by atoms with E-state index in [1.54, 1.807) is 0 Å². The molecule has 2 rings (SSSR count). The predicted octanol–water partition coefficient (Wildman–Crippen LogP) is 1.16. The van der Waals surface area contributed by atoms with Crippen molar-refractivity contribution in [3.8, 4) is 0 Å². The first kappa shape index (κ1) is 17.2. The van der Waals surface area contributed by atoms with E-state index in [9.17, 15) is 21.6 Å². The number of alkyl halides is 3. The van der Waals surface area contributed by atoms with Gasteiger partial charge in [0, 0.05) is 31.2 Å². The molecule has 2 N–H and O–H groups in total. The first-order chi connectivity index (χ1) is 10.1. The average molecular weight is 340 g/mol. The van der Waals surface area contributed by atoms with Gasteiger partial charge in [-0.3, -0.25) is 5.10 Å². The summed E-state index contributed by atoms with van der Waals surface area (Å²) < 4.78 is 62.1. The summed E-state index contributed by atoms with van der Waals surface area (Å²) in [6, 6.07) is 1.06. The van der Waals surface area contributed by atoms with Crippen LogP contribution in [0.15, 0.2) is 6.07 Å². The highest BCUT2D eigenvalue weighted by Gasteiger charge is 2.35. The lowest BCUT2D eigenvalue weighted by molar-refractivity contribution is -0.141. The Balaban J connectivity index is 1.91. The maximum atomic E-state index is 12.6. The summed E-state index contributed by atoms with van der Waals surface area (Å²) in [5, 5.41) is 5.80. The fraction of sp³-hybridized carbons (Fsp3) is 0.750. The third kappa shape index (κ3) is 4.96. The molecule has 10 heteroatoms. The fourth-order valence-electron chi connectivity index (χ4n) is 2.59. The van der Waals surface area contributed by atoms with Crippen LogP contribution >= 0.6 is 0 Å². The molecule has 1 aliphatic rings. The van der Waals surface area contributed by atoms with Gasteiger partial charge in [-0.2, -0.15) is 18.3 Å². The minimum Gasteiger partial charge on any atom is -0.301 e. The monoisotopic (exact) mass is 340 g/mol. The topological polar surface area (TPSA) is 78.1 Å². The Kier molecular flexibility index (Phi) is 5.13. The van der Waals surface area contributed by atoms with Crippen LogP contribution in [0, 0.1) is 0 Å². The Labute approximate surface area is 127 Å². The number of nitrogens with zero attached hydrogens (tertiary/aromatic N) is 2. The molecule has 6 nitrogen and oxygen atoms in total. The summed E-state index contributed by atoms with van der Waals surface area (Å²) >= 11 is 0. The molecule has 0 aromatic carbocycles. The highest BCUT2D eigenvalue weighted by atomic mass is 32.2. The van der Waals surface area contributed by atoms with Crippen molar-refractivity contribution in [1.82, 2.24) is 19.8 Å². The molecule has 0 amide bonds. The Morgan fingerprint density at radius 1 is 1.50 bits per heavy atom. The first-order valence-corrected chi connectivity index (χ1v) is 8.84.